The molecule has 17 heavy (non-hydrogen) atoms. The maximum Gasteiger partial charge on any atom is 0.242 e. The standard InChI is InChI=1S/C13H19N3O/c1-9-8-10(14)5-6-11(9)16-7-3-4-12(16)13(17)15-2/h5-6,8,12H,3-4,7,14H2,1-2H3,(H,15,17). The molecule has 2 rings (SSSR count). The van der Waals surface area contributed by atoms with Crippen LogP contribution in [0.2, 0.25) is 0 Å². The summed E-state index contributed by atoms with van der Waals surface area (Å²) in [6.45, 7) is 2.97. The van der Waals surface area contributed by atoms with E-state index in [1.54, 1.807) is 7.05 Å². The minimum absolute atomic E-state index is 0.0395. The van der Waals surface area contributed by atoms with E-state index < -0.39 is 0 Å². The minimum Gasteiger partial charge on any atom is -0.399 e. The Labute approximate surface area is 102 Å². The lowest BCUT2D eigenvalue weighted by molar-refractivity contribution is -0.121. The molecule has 0 radical (unpaired) electrons. The van der Waals surface area contributed by atoms with Gasteiger partial charge in [0, 0.05) is 25.0 Å². The van der Waals surface area contributed by atoms with Crippen LogP contribution in [0.15, 0.2) is 18.2 Å². The molecule has 92 valence electrons. The molecule has 1 fully saturated rings. The summed E-state index contributed by atoms with van der Waals surface area (Å²) in [6, 6.07) is 5.81. The number of nitrogens with two attached hydrogens (primary N) is 1. The van der Waals surface area contributed by atoms with Crippen molar-refractivity contribution in [3.63, 3.8) is 0 Å². The first kappa shape index (κ1) is 11.8. The number of amides is 1. The maximum atomic E-state index is 11.8. The zero-order valence-electron chi connectivity index (χ0n) is 10.4. The van der Waals surface area contributed by atoms with Crippen LogP contribution in [0.25, 0.3) is 0 Å². The topological polar surface area (TPSA) is 58.4 Å². The van der Waals surface area contributed by atoms with E-state index >= 15 is 0 Å². The van der Waals surface area contributed by atoms with Crippen molar-refractivity contribution in [2.45, 2.75) is 25.8 Å². The van der Waals surface area contributed by atoms with Crippen LogP contribution in [-0.4, -0.2) is 25.5 Å². The number of hydrogen-bond donors (Lipinski definition) is 2. The molecule has 0 bridgehead atoms. The molecule has 1 aromatic carbocycles. The molecule has 0 aliphatic carbocycles. The molecular formula is C13H19N3O. The Morgan fingerprint density at radius 1 is 1.53 bits per heavy atom. The number of nitrogens with one attached hydrogen (secondary N) is 1. The van der Waals surface area contributed by atoms with Gasteiger partial charge in [-0.05, 0) is 43.5 Å². The average molecular weight is 233 g/mol. The normalized spacial score (nSPS) is 19.4. The van der Waals surface area contributed by atoms with Crippen LogP contribution in [0, 0.1) is 6.92 Å². The van der Waals surface area contributed by atoms with Crippen LogP contribution in [0.5, 0.6) is 0 Å². The van der Waals surface area contributed by atoms with Gasteiger partial charge in [0.25, 0.3) is 0 Å². The minimum atomic E-state index is -0.0395. The summed E-state index contributed by atoms with van der Waals surface area (Å²) in [5.41, 5.74) is 8.76. The Kier molecular flexibility index (Phi) is 3.22. The van der Waals surface area contributed by atoms with Crippen molar-refractivity contribution in [3.8, 4) is 0 Å². The van der Waals surface area contributed by atoms with Gasteiger partial charge in [0.15, 0.2) is 0 Å². The Morgan fingerprint density at radius 3 is 2.94 bits per heavy atom. The van der Waals surface area contributed by atoms with Crippen LogP contribution in [0.4, 0.5) is 11.4 Å². The fraction of sp³-hybridized carbons (Fsp3) is 0.462. The third kappa shape index (κ3) is 2.20. The molecule has 0 aromatic heterocycles. The van der Waals surface area contributed by atoms with E-state index in [4.69, 9.17) is 5.73 Å². The van der Waals surface area contributed by atoms with Gasteiger partial charge >= 0.3 is 0 Å². The highest BCUT2D eigenvalue weighted by Gasteiger charge is 2.30. The molecule has 1 unspecified atom stereocenters. The number of carbonyl (C=O) groups is 1. The summed E-state index contributed by atoms with van der Waals surface area (Å²) >= 11 is 0. The van der Waals surface area contributed by atoms with Gasteiger partial charge in [0.1, 0.15) is 6.04 Å². The number of aryl methyl sites for hydroxylation is 1. The Morgan fingerprint density at radius 2 is 2.29 bits per heavy atom. The zero-order chi connectivity index (χ0) is 12.4. The highest BCUT2D eigenvalue weighted by atomic mass is 16.2. The molecule has 1 atom stereocenters. The Hall–Kier alpha value is -1.71. The molecule has 4 nitrogen and oxygen atoms in total. The van der Waals surface area contributed by atoms with Gasteiger partial charge in [0.2, 0.25) is 5.91 Å². The smallest absolute Gasteiger partial charge is 0.242 e. The largest absolute Gasteiger partial charge is 0.399 e. The van der Waals surface area contributed by atoms with Crippen molar-refractivity contribution in [1.29, 1.82) is 0 Å². The van der Waals surface area contributed by atoms with E-state index in [9.17, 15) is 4.79 Å². The quantitative estimate of drug-likeness (QED) is 0.757. The highest BCUT2D eigenvalue weighted by Crippen LogP contribution is 2.29. The van der Waals surface area contributed by atoms with Gasteiger partial charge in [-0.1, -0.05) is 0 Å². The predicted molar refractivity (Wildman–Crippen MR) is 70.0 cm³/mol. The fourth-order valence-corrected chi connectivity index (χ4v) is 2.50. The van der Waals surface area contributed by atoms with Crippen molar-refractivity contribution >= 4 is 17.3 Å². The van der Waals surface area contributed by atoms with Gasteiger partial charge in [0.05, 0.1) is 0 Å². The maximum absolute atomic E-state index is 11.8. The number of nitrogen functional groups attached to an aromatic ring is 1. The third-order valence-corrected chi connectivity index (χ3v) is 3.33. The van der Waals surface area contributed by atoms with E-state index in [-0.39, 0.29) is 11.9 Å². The van der Waals surface area contributed by atoms with Crippen molar-refractivity contribution in [2.75, 3.05) is 24.2 Å². The summed E-state index contributed by atoms with van der Waals surface area (Å²) in [5.74, 6) is 0.0960. The molecule has 1 amide bonds. The van der Waals surface area contributed by atoms with Gasteiger partial charge in [-0.25, -0.2) is 0 Å². The summed E-state index contributed by atoms with van der Waals surface area (Å²) in [4.78, 5) is 14.0. The lowest BCUT2D eigenvalue weighted by atomic mass is 10.1. The van der Waals surface area contributed by atoms with Crippen molar-refractivity contribution in [3.05, 3.63) is 23.8 Å². The summed E-state index contributed by atoms with van der Waals surface area (Å²) in [7, 11) is 1.69. The molecule has 0 spiro atoms. The fourth-order valence-electron chi connectivity index (χ4n) is 2.50. The molecule has 1 heterocycles. The molecule has 4 heteroatoms. The van der Waals surface area contributed by atoms with Crippen molar-refractivity contribution in [1.82, 2.24) is 5.32 Å². The van der Waals surface area contributed by atoms with E-state index in [0.29, 0.717) is 0 Å². The van der Waals surface area contributed by atoms with Crippen LogP contribution in [0.1, 0.15) is 18.4 Å². The SMILES string of the molecule is CNC(=O)C1CCCN1c1ccc(N)cc1C. The first-order valence-electron chi connectivity index (χ1n) is 5.98. The second kappa shape index (κ2) is 4.65. The second-order valence-corrected chi connectivity index (χ2v) is 4.51. The van der Waals surface area contributed by atoms with Gasteiger partial charge in [-0.3, -0.25) is 4.79 Å². The number of anilines is 2. The second-order valence-electron chi connectivity index (χ2n) is 4.51. The van der Waals surface area contributed by atoms with Crippen LogP contribution in [-0.2, 0) is 4.79 Å². The number of nitrogens with zero attached hydrogens (tertiary/aromatic N) is 1. The lowest BCUT2D eigenvalue weighted by Gasteiger charge is -2.27. The average Bonchev–Trinajstić information content (AvgIpc) is 2.77. The Balaban J connectivity index is 2.29. The molecule has 0 saturated carbocycles. The molecule has 1 aromatic rings. The number of rotatable bonds is 2. The van der Waals surface area contributed by atoms with Gasteiger partial charge in [-0.15, -0.1) is 0 Å². The van der Waals surface area contributed by atoms with E-state index in [0.717, 1.165) is 36.3 Å². The zero-order valence-corrected chi connectivity index (χ0v) is 10.4. The number of benzene rings is 1. The predicted octanol–water partition coefficient (Wildman–Crippen LogP) is 1.29. The van der Waals surface area contributed by atoms with Crippen molar-refractivity contribution in [2.24, 2.45) is 0 Å². The molecule has 1 aliphatic heterocycles. The Bertz CT molecular complexity index is 431. The van der Waals surface area contributed by atoms with E-state index in [2.05, 4.69) is 10.2 Å². The van der Waals surface area contributed by atoms with Gasteiger partial charge in [-0.2, -0.15) is 0 Å². The monoisotopic (exact) mass is 233 g/mol. The number of hydrogen-bond acceptors (Lipinski definition) is 3. The lowest BCUT2D eigenvalue weighted by Crippen LogP contribution is -2.42. The summed E-state index contributed by atoms with van der Waals surface area (Å²) < 4.78 is 0. The third-order valence-electron chi connectivity index (χ3n) is 3.33. The first-order valence-corrected chi connectivity index (χ1v) is 5.98. The summed E-state index contributed by atoms with van der Waals surface area (Å²) in [6.07, 6.45) is 1.98. The van der Waals surface area contributed by atoms with E-state index in [1.807, 2.05) is 25.1 Å². The molecule has 3 N–H and O–H groups in total. The molecule has 1 aliphatic rings. The van der Waals surface area contributed by atoms with Crippen molar-refractivity contribution < 1.29 is 4.79 Å². The summed E-state index contributed by atoms with van der Waals surface area (Å²) in [5, 5.41) is 2.73. The molecule has 1 saturated heterocycles. The molecular weight excluding hydrogens is 214 g/mol. The number of likely N-dealkylation sites (N-methyl/N-ethyl adjacent to an activating group) is 1. The van der Waals surface area contributed by atoms with Crippen LogP contribution >= 0.6 is 0 Å². The highest BCUT2D eigenvalue weighted by molar-refractivity contribution is 5.86. The van der Waals surface area contributed by atoms with Crippen LogP contribution in [0.3, 0.4) is 0 Å². The van der Waals surface area contributed by atoms with Gasteiger partial charge < -0.3 is 16.0 Å². The van der Waals surface area contributed by atoms with Crippen LogP contribution < -0.4 is 16.0 Å². The van der Waals surface area contributed by atoms with E-state index in [1.165, 1.54) is 0 Å². The number of carbonyl (C=O) groups excluding carboxylic acids is 1. The first-order chi connectivity index (χ1) is 8.13.